The van der Waals surface area contributed by atoms with Crippen molar-refractivity contribution in [1.82, 2.24) is 0 Å². The molecular weight excluding hydrogens is 206 g/mol. The molecule has 1 atom stereocenters. The summed E-state index contributed by atoms with van der Waals surface area (Å²) in [5, 5.41) is 9.25. The highest BCUT2D eigenvalue weighted by Crippen LogP contribution is 2.37. The van der Waals surface area contributed by atoms with Crippen LogP contribution in [0.25, 0.3) is 0 Å². The summed E-state index contributed by atoms with van der Waals surface area (Å²) in [6, 6.07) is -0.709. The zero-order valence-electron chi connectivity index (χ0n) is 7.44. The minimum absolute atomic E-state index is 0.510. The monoisotopic (exact) mass is 221 g/mol. The van der Waals surface area contributed by atoms with Gasteiger partial charge in [-0.3, -0.25) is 4.79 Å². The van der Waals surface area contributed by atoms with Crippen molar-refractivity contribution in [3.05, 3.63) is 0 Å². The lowest BCUT2D eigenvalue weighted by Crippen LogP contribution is -2.32. The largest absolute Gasteiger partial charge is 0.480 e. The smallest absolute Gasteiger partial charge is 0.321 e. The lowest BCUT2D eigenvalue weighted by molar-refractivity contribution is -0.137. The van der Waals surface area contributed by atoms with Crippen molar-refractivity contribution < 1.29 is 9.90 Å². The average molecular weight is 221 g/mol. The highest BCUT2D eigenvalue weighted by Gasteiger charge is 2.17. The average Bonchev–Trinajstić information content (AvgIpc) is 2.56. The van der Waals surface area contributed by atoms with Crippen LogP contribution in [0.4, 0.5) is 0 Å². The van der Waals surface area contributed by atoms with E-state index in [9.17, 15) is 4.79 Å². The highest BCUT2D eigenvalue weighted by atomic mass is 33.1. The Morgan fingerprint density at radius 2 is 2.15 bits per heavy atom. The van der Waals surface area contributed by atoms with E-state index >= 15 is 0 Å². The van der Waals surface area contributed by atoms with Gasteiger partial charge >= 0.3 is 5.97 Å². The molecule has 5 heteroatoms. The molecule has 0 radical (unpaired) electrons. The third-order valence-electron chi connectivity index (χ3n) is 2.07. The molecule has 3 nitrogen and oxygen atoms in total. The van der Waals surface area contributed by atoms with Crippen LogP contribution < -0.4 is 5.73 Å². The van der Waals surface area contributed by atoms with Gasteiger partial charge in [0.2, 0.25) is 0 Å². The zero-order valence-corrected chi connectivity index (χ0v) is 9.07. The molecule has 13 heavy (non-hydrogen) atoms. The minimum Gasteiger partial charge on any atom is -0.480 e. The van der Waals surface area contributed by atoms with Gasteiger partial charge < -0.3 is 10.8 Å². The lowest BCUT2D eigenvalue weighted by atomic mass is 10.4. The predicted octanol–water partition coefficient (Wildman–Crippen LogP) is 1.72. The number of hydrogen-bond donors (Lipinski definition) is 2. The van der Waals surface area contributed by atoms with Crippen molar-refractivity contribution >= 4 is 27.6 Å². The quantitative estimate of drug-likeness (QED) is 0.692. The summed E-state index contributed by atoms with van der Waals surface area (Å²) in [6.45, 7) is 0. The minimum atomic E-state index is -0.903. The molecule has 1 saturated carbocycles. The van der Waals surface area contributed by atoms with E-state index in [1.807, 2.05) is 0 Å². The van der Waals surface area contributed by atoms with Crippen molar-refractivity contribution in [2.45, 2.75) is 37.0 Å². The second-order valence-electron chi connectivity index (χ2n) is 3.23. The van der Waals surface area contributed by atoms with Gasteiger partial charge in [-0.2, -0.15) is 0 Å². The zero-order chi connectivity index (χ0) is 9.68. The highest BCUT2D eigenvalue weighted by molar-refractivity contribution is 8.77. The van der Waals surface area contributed by atoms with Crippen molar-refractivity contribution in [2.75, 3.05) is 5.75 Å². The number of nitrogens with two attached hydrogens (primary N) is 1. The number of carboxylic acids is 1. The molecule has 0 bridgehead atoms. The molecule has 0 heterocycles. The van der Waals surface area contributed by atoms with Gasteiger partial charge in [-0.05, 0) is 12.8 Å². The first-order valence-corrected chi connectivity index (χ1v) is 6.85. The van der Waals surface area contributed by atoms with Crippen LogP contribution in [-0.4, -0.2) is 28.1 Å². The van der Waals surface area contributed by atoms with Crippen molar-refractivity contribution in [3.63, 3.8) is 0 Å². The Bertz CT molecular complexity index is 172. The van der Waals surface area contributed by atoms with Crippen LogP contribution >= 0.6 is 21.6 Å². The molecular formula is C8H15NO2S2. The van der Waals surface area contributed by atoms with E-state index < -0.39 is 12.0 Å². The molecule has 0 aromatic carbocycles. The van der Waals surface area contributed by atoms with Crippen molar-refractivity contribution in [1.29, 1.82) is 0 Å². The molecule has 0 spiro atoms. The molecule has 0 saturated heterocycles. The van der Waals surface area contributed by atoms with Crippen LogP contribution in [0.15, 0.2) is 0 Å². The summed E-state index contributed by atoms with van der Waals surface area (Å²) in [5.74, 6) is -0.393. The molecule has 0 aromatic rings. The Labute approximate surface area is 86.2 Å². The standard InChI is InChI=1S/C8H15NO2S2/c9-7(8(10)11)5-12-13-6-3-1-2-4-6/h6-7H,1-5,9H2,(H,10,11). The Kier molecular flexibility index (Phi) is 4.98. The van der Waals surface area contributed by atoms with E-state index in [0.717, 1.165) is 5.25 Å². The van der Waals surface area contributed by atoms with Gasteiger partial charge in [0.15, 0.2) is 0 Å². The third kappa shape index (κ3) is 4.24. The van der Waals surface area contributed by atoms with Gasteiger partial charge in [-0.15, -0.1) is 0 Å². The molecule has 1 fully saturated rings. The summed E-state index contributed by atoms with van der Waals surface area (Å²) < 4.78 is 0. The lowest BCUT2D eigenvalue weighted by Gasteiger charge is -2.09. The van der Waals surface area contributed by atoms with Crippen LogP contribution in [0.2, 0.25) is 0 Å². The maximum atomic E-state index is 10.4. The van der Waals surface area contributed by atoms with Crippen LogP contribution in [0.5, 0.6) is 0 Å². The maximum absolute atomic E-state index is 10.4. The maximum Gasteiger partial charge on any atom is 0.321 e. The van der Waals surface area contributed by atoms with Crippen molar-refractivity contribution in [3.8, 4) is 0 Å². The fourth-order valence-corrected chi connectivity index (χ4v) is 4.18. The summed E-state index contributed by atoms with van der Waals surface area (Å²) >= 11 is 0. The molecule has 1 aliphatic rings. The Balaban J connectivity index is 2.02. The first-order valence-electron chi connectivity index (χ1n) is 4.47. The summed E-state index contributed by atoms with van der Waals surface area (Å²) in [5.41, 5.74) is 5.37. The fourth-order valence-electron chi connectivity index (χ4n) is 1.26. The normalized spacial score (nSPS) is 20.4. The van der Waals surface area contributed by atoms with Gasteiger partial charge in [0.25, 0.3) is 0 Å². The molecule has 0 amide bonds. The third-order valence-corrected chi connectivity index (χ3v) is 5.08. The predicted molar refractivity (Wildman–Crippen MR) is 57.9 cm³/mol. The van der Waals surface area contributed by atoms with Gasteiger partial charge in [0, 0.05) is 11.0 Å². The van der Waals surface area contributed by atoms with Crippen molar-refractivity contribution in [2.24, 2.45) is 5.73 Å². The summed E-state index contributed by atoms with van der Waals surface area (Å²) in [4.78, 5) is 10.4. The molecule has 1 rings (SSSR count). The van der Waals surface area contributed by atoms with E-state index in [2.05, 4.69) is 0 Å². The van der Waals surface area contributed by atoms with Crippen LogP contribution in [0.3, 0.4) is 0 Å². The van der Waals surface area contributed by atoms with E-state index in [-0.39, 0.29) is 0 Å². The Morgan fingerprint density at radius 3 is 2.69 bits per heavy atom. The fraction of sp³-hybridized carbons (Fsp3) is 0.875. The van der Waals surface area contributed by atoms with Gasteiger partial charge in [0.1, 0.15) is 6.04 Å². The number of rotatable bonds is 5. The topological polar surface area (TPSA) is 63.3 Å². The van der Waals surface area contributed by atoms with E-state index in [1.165, 1.54) is 25.7 Å². The summed E-state index contributed by atoms with van der Waals surface area (Å²) in [7, 11) is 3.40. The Morgan fingerprint density at radius 1 is 1.54 bits per heavy atom. The van der Waals surface area contributed by atoms with E-state index in [4.69, 9.17) is 10.8 Å². The van der Waals surface area contributed by atoms with Gasteiger partial charge in [0.05, 0.1) is 0 Å². The number of carbonyl (C=O) groups is 1. The molecule has 76 valence electrons. The molecule has 0 aliphatic heterocycles. The number of hydrogen-bond acceptors (Lipinski definition) is 4. The van der Waals surface area contributed by atoms with Crippen LogP contribution in [0, 0.1) is 0 Å². The van der Waals surface area contributed by atoms with E-state index in [1.54, 1.807) is 21.6 Å². The van der Waals surface area contributed by atoms with E-state index in [0.29, 0.717) is 5.75 Å². The molecule has 0 aromatic heterocycles. The van der Waals surface area contributed by atoms with Gasteiger partial charge in [-0.25, -0.2) is 0 Å². The van der Waals surface area contributed by atoms with Crippen LogP contribution in [-0.2, 0) is 4.79 Å². The summed E-state index contributed by atoms with van der Waals surface area (Å²) in [6.07, 6.45) is 5.20. The molecule has 1 aliphatic carbocycles. The SMILES string of the molecule is NC(CSSC1CCCC1)C(=O)O. The number of aliphatic carboxylic acids is 1. The first kappa shape index (κ1) is 11.2. The molecule has 1 unspecified atom stereocenters. The first-order chi connectivity index (χ1) is 6.20. The number of carboxylic acid groups (broad SMARTS) is 1. The molecule has 3 N–H and O–H groups in total. The van der Waals surface area contributed by atoms with Gasteiger partial charge in [-0.1, -0.05) is 34.4 Å². The second-order valence-corrected chi connectivity index (χ2v) is 5.94. The van der Waals surface area contributed by atoms with Crippen LogP contribution in [0.1, 0.15) is 25.7 Å². The second kappa shape index (κ2) is 5.78. The Hall–Kier alpha value is 0.130.